The molecule has 3 rings (SSSR count). The van der Waals surface area contributed by atoms with Crippen molar-refractivity contribution in [1.82, 2.24) is 5.32 Å². The normalized spacial score (nSPS) is 16.7. The van der Waals surface area contributed by atoms with E-state index in [9.17, 15) is 4.79 Å². The van der Waals surface area contributed by atoms with E-state index >= 15 is 0 Å². The van der Waals surface area contributed by atoms with Crippen LogP contribution in [0.5, 0.6) is 0 Å². The van der Waals surface area contributed by atoms with Crippen molar-refractivity contribution in [3.05, 3.63) is 51.7 Å². The van der Waals surface area contributed by atoms with Crippen LogP contribution in [0.15, 0.2) is 35.7 Å². The molecule has 3 nitrogen and oxygen atoms in total. The lowest BCUT2D eigenvalue weighted by atomic mass is 9.87. The summed E-state index contributed by atoms with van der Waals surface area (Å²) < 4.78 is 0. The van der Waals surface area contributed by atoms with Crippen molar-refractivity contribution in [1.29, 1.82) is 0 Å². The van der Waals surface area contributed by atoms with E-state index in [0.717, 1.165) is 29.8 Å². The first kappa shape index (κ1) is 15.9. The Bertz CT molecular complexity index is 613. The highest BCUT2D eigenvalue weighted by molar-refractivity contribution is 7.10. The van der Waals surface area contributed by atoms with Crippen molar-refractivity contribution in [2.45, 2.75) is 31.7 Å². The maximum Gasteiger partial charge on any atom is 0.225 e. The number of nitrogen functional groups attached to an aromatic ring is 1. The van der Waals surface area contributed by atoms with Gasteiger partial charge in [-0.2, -0.15) is 0 Å². The smallest absolute Gasteiger partial charge is 0.225 e. The van der Waals surface area contributed by atoms with Crippen LogP contribution in [-0.4, -0.2) is 5.91 Å². The minimum absolute atomic E-state index is 0. The highest BCUT2D eigenvalue weighted by atomic mass is 35.5. The van der Waals surface area contributed by atoms with Gasteiger partial charge in [0.05, 0.1) is 12.5 Å². The Morgan fingerprint density at radius 1 is 1.38 bits per heavy atom. The first-order chi connectivity index (χ1) is 9.72. The summed E-state index contributed by atoms with van der Waals surface area (Å²) in [6.07, 6.45) is 3.63. The Kier molecular flexibility index (Phi) is 5.26. The number of fused-ring (bicyclic) bond motifs is 1. The Balaban J connectivity index is 0.00000161. The fraction of sp³-hybridized carbons (Fsp3) is 0.312. The van der Waals surface area contributed by atoms with Crippen molar-refractivity contribution in [2.24, 2.45) is 0 Å². The molecule has 1 atom stereocenters. The molecule has 0 fully saturated rings. The number of rotatable bonds is 3. The minimum Gasteiger partial charge on any atom is -0.399 e. The molecule has 1 aromatic heterocycles. The number of nitrogens with two attached hydrogens (primary N) is 1. The molecule has 0 spiro atoms. The predicted octanol–water partition coefficient (Wildman–Crippen LogP) is 3.49. The van der Waals surface area contributed by atoms with E-state index in [4.69, 9.17) is 5.73 Å². The van der Waals surface area contributed by atoms with Gasteiger partial charge in [-0.25, -0.2) is 0 Å². The van der Waals surface area contributed by atoms with Gasteiger partial charge in [-0.15, -0.1) is 23.7 Å². The largest absolute Gasteiger partial charge is 0.399 e. The molecule has 3 N–H and O–H groups in total. The maximum atomic E-state index is 12.1. The summed E-state index contributed by atoms with van der Waals surface area (Å²) in [5, 5.41) is 5.16. The summed E-state index contributed by atoms with van der Waals surface area (Å²) >= 11 is 1.62. The Morgan fingerprint density at radius 3 is 3.00 bits per heavy atom. The van der Waals surface area contributed by atoms with Crippen LogP contribution in [0.1, 0.15) is 34.9 Å². The topological polar surface area (TPSA) is 55.1 Å². The average molecular weight is 323 g/mol. The first-order valence-electron chi connectivity index (χ1n) is 6.92. The average Bonchev–Trinajstić information content (AvgIpc) is 2.91. The number of carbonyl (C=O) groups is 1. The molecule has 1 unspecified atom stereocenters. The first-order valence-corrected chi connectivity index (χ1v) is 7.80. The van der Waals surface area contributed by atoms with E-state index in [1.807, 2.05) is 29.6 Å². The van der Waals surface area contributed by atoms with E-state index in [2.05, 4.69) is 11.4 Å². The lowest BCUT2D eigenvalue weighted by Gasteiger charge is -2.26. The monoisotopic (exact) mass is 322 g/mol. The van der Waals surface area contributed by atoms with Crippen molar-refractivity contribution >= 4 is 35.3 Å². The van der Waals surface area contributed by atoms with Crippen LogP contribution in [0.2, 0.25) is 0 Å². The van der Waals surface area contributed by atoms with Crippen molar-refractivity contribution in [3.63, 3.8) is 0 Å². The predicted molar refractivity (Wildman–Crippen MR) is 89.9 cm³/mol. The number of hydrogen-bond donors (Lipinski definition) is 2. The Labute approximate surface area is 135 Å². The number of aryl methyl sites for hydroxylation is 1. The molecule has 0 saturated carbocycles. The second-order valence-corrected chi connectivity index (χ2v) is 6.26. The summed E-state index contributed by atoms with van der Waals surface area (Å²) in [6.45, 7) is 0. The van der Waals surface area contributed by atoms with E-state index in [1.54, 1.807) is 11.3 Å². The number of anilines is 1. The zero-order valence-electron chi connectivity index (χ0n) is 11.7. The summed E-state index contributed by atoms with van der Waals surface area (Å²) in [6, 6.07) is 10.1. The van der Waals surface area contributed by atoms with Gasteiger partial charge >= 0.3 is 0 Å². The number of carbonyl (C=O) groups excluding carboxylic acids is 1. The second-order valence-electron chi connectivity index (χ2n) is 5.23. The molecule has 1 aromatic carbocycles. The standard InChI is InChI=1S/C16H18N2OS.ClH/c17-12-6-7-14-11(9-12)3-1-5-15(14)18-16(19)10-13-4-2-8-20-13;/h2,4,6-9,15H,1,3,5,10,17H2,(H,18,19);1H. The summed E-state index contributed by atoms with van der Waals surface area (Å²) in [7, 11) is 0. The number of benzene rings is 1. The molecule has 2 aromatic rings. The van der Waals surface area contributed by atoms with Crippen LogP contribution in [-0.2, 0) is 17.6 Å². The summed E-state index contributed by atoms with van der Waals surface area (Å²) in [4.78, 5) is 13.2. The molecular formula is C16H19ClN2OS. The van der Waals surface area contributed by atoms with Gasteiger partial charge in [-0.05, 0) is 54.0 Å². The summed E-state index contributed by atoms with van der Waals surface area (Å²) in [5.41, 5.74) is 9.14. The zero-order valence-corrected chi connectivity index (χ0v) is 13.3. The molecule has 0 bridgehead atoms. The molecule has 1 aliphatic carbocycles. The third-order valence-electron chi connectivity index (χ3n) is 3.73. The SMILES string of the molecule is Cl.Nc1ccc2c(c1)CCCC2NC(=O)Cc1cccs1. The number of nitrogens with one attached hydrogen (secondary N) is 1. The number of halogens is 1. The van der Waals surface area contributed by atoms with Crippen LogP contribution >= 0.6 is 23.7 Å². The molecular weight excluding hydrogens is 304 g/mol. The van der Waals surface area contributed by atoms with E-state index in [0.29, 0.717) is 6.42 Å². The number of amides is 1. The van der Waals surface area contributed by atoms with Gasteiger partial charge in [-0.3, -0.25) is 4.79 Å². The fourth-order valence-corrected chi connectivity index (χ4v) is 3.50. The van der Waals surface area contributed by atoms with Crippen molar-refractivity contribution in [3.8, 4) is 0 Å². The molecule has 1 heterocycles. The van der Waals surface area contributed by atoms with Crippen LogP contribution in [0.3, 0.4) is 0 Å². The number of thiophene rings is 1. The van der Waals surface area contributed by atoms with Crippen molar-refractivity contribution in [2.75, 3.05) is 5.73 Å². The quantitative estimate of drug-likeness (QED) is 0.850. The maximum absolute atomic E-state index is 12.1. The molecule has 1 aliphatic rings. The lowest BCUT2D eigenvalue weighted by molar-refractivity contribution is -0.121. The summed E-state index contributed by atoms with van der Waals surface area (Å²) in [5.74, 6) is 0.0992. The molecule has 112 valence electrons. The lowest BCUT2D eigenvalue weighted by Crippen LogP contribution is -2.31. The third kappa shape index (κ3) is 3.77. The van der Waals surface area contributed by atoms with Gasteiger partial charge in [0.1, 0.15) is 0 Å². The molecule has 5 heteroatoms. The van der Waals surface area contributed by atoms with E-state index < -0.39 is 0 Å². The van der Waals surface area contributed by atoms with Gasteiger partial charge in [-0.1, -0.05) is 12.1 Å². The van der Waals surface area contributed by atoms with Gasteiger partial charge < -0.3 is 11.1 Å². The van der Waals surface area contributed by atoms with Gasteiger partial charge in [0, 0.05) is 10.6 Å². The molecule has 0 radical (unpaired) electrons. The van der Waals surface area contributed by atoms with Crippen LogP contribution < -0.4 is 11.1 Å². The third-order valence-corrected chi connectivity index (χ3v) is 4.61. The highest BCUT2D eigenvalue weighted by Gasteiger charge is 2.21. The van der Waals surface area contributed by atoms with Crippen LogP contribution in [0.25, 0.3) is 0 Å². The highest BCUT2D eigenvalue weighted by Crippen LogP contribution is 2.31. The van der Waals surface area contributed by atoms with E-state index in [-0.39, 0.29) is 24.4 Å². The van der Waals surface area contributed by atoms with Crippen LogP contribution in [0.4, 0.5) is 5.69 Å². The minimum atomic E-state index is 0. The van der Waals surface area contributed by atoms with Gasteiger partial charge in [0.25, 0.3) is 0 Å². The van der Waals surface area contributed by atoms with E-state index in [1.165, 1.54) is 11.1 Å². The van der Waals surface area contributed by atoms with Crippen molar-refractivity contribution < 1.29 is 4.79 Å². The zero-order chi connectivity index (χ0) is 13.9. The second kappa shape index (κ2) is 6.96. The molecule has 0 aliphatic heterocycles. The molecule has 21 heavy (non-hydrogen) atoms. The molecule has 1 amide bonds. The Morgan fingerprint density at radius 2 is 2.24 bits per heavy atom. The Hall–Kier alpha value is -1.52. The fourth-order valence-electron chi connectivity index (χ4n) is 2.80. The molecule has 0 saturated heterocycles. The van der Waals surface area contributed by atoms with Crippen LogP contribution in [0, 0.1) is 0 Å². The number of hydrogen-bond acceptors (Lipinski definition) is 3. The van der Waals surface area contributed by atoms with Gasteiger partial charge in [0.15, 0.2) is 0 Å². The van der Waals surface area contributed by atoms with Gasteiger partial charge in [0.2, 0.25) is 5.91 Å².